The van der Waals surface area contributed by atoms with E-state index in [-0.39, 0.29) is 31.8 Å². The molecule has 1 aliphatic carbocycles. The Kier molecular flexibility index (Phi) is 10.4. The molecular weight excluding hydrogens is 798 g/mol. The highest BCUT2D eigenvalue weighted by molar-refractivity contribution is 6.54. The van der Waals surface area contributed by atoms with Gasteiger partial charge in [-0.15, -0.1) is 23.2 Å². The first-order chi connectivity index (χ1) is 21.9. The fourth-order valence-corrected chi connectivity index (χ4v) is 5.93. The second kappa shape index (κ2) is 13.1. The molecule has 1 aliphatic rings. The van der Waals surface area contributed by atoms with E-state index >= 15 is 0 Å². The minimum absolute atomic E-state index is 0.0547. The van der Waals surface area contributed by atoms with Crippen LogP contribution in [-0.4, -0.2) is 40.1 Å². The van der Waals surface area contributed by atoms with Crippen molar-refractivity contribution in [3.63, 3.8) is 0 Å². The van der Waals surface area contributed by atoms with Crippen molar-refractivity contribution in [3.05, 3.63) is 85.3 Å². The molecule has 1 fully saturated rings. The molecule has 258 valence electrons. The van der Waals surface area contributed by atoms with Gasteiger partial charge in [-0.05, 0) is 48.0 Å². The lowest BCUT2D eigenvalue weighted by Crippen LogP contribution is -2.57. The number of hydrogen-bond acceptors (Lipinski definition) is 3. The highest BCUT2D eigenvalue weighted by atomic mass is 35.5. The van der Waals surface area contributed by atoms with Crippen molar-refractivity contribution in [2.24, 2.45) is 5.92 Å². The topological polar surface area (TPSA) is 87.3 Å². The van der Waals surface area contributed by atoms with Crippen LogP contribution >= 0.6 is 69.6 Å². The average molecular weight is 810 g/mol. The summed E-state index contributed by atoms with van der Waals surface area (Å²) in [7, 11) is 0. The predicted octanol–water partition coefficient (Wildman–Crippen LogP) is 10.1. The molecule has 4 rings (SSSR count). The van der Waals surface area contributed by atoms with Crippen LogP contribution in [0.5, 0.6) is 0 Å². The summed E-state index contributed by atoms with van der Waals surface area (Å²) < 4.78 is 119. The van der Waals surface area contributed by atoms with Gasteiger partial charge >= 0.3 is 23.9 Å². The molecule has 0 unspecified atom stereocenters. The maximum absolute atomic E-state index is 15.0. The molecular formula is C27H12Cl6F9N3O3. The maximum atomic E-state index is 15.0. The monoisotopic (exact) mass is 807 g/mol. The maximum Gasteiger partial charge on any atom is 0.460 e. The highest BCUT2D eigenvalue weighted by Crippen LogP contribution is 2.65. The van der Waals surface area contributed by atoms with Crippen LogP contribution in [0.4, 0.5) is 56.6 Å². The Balaban J connectivity index is 1.53. The van der Waals surface area contributed by atoms with Gasteiger partial charge in [-0.1, -0.05) is 46.4 Å². The van der Waals surface area contributed by atoms with Gasteiger partial charge in [0, 0.05) is 11.6 Å². The number of carbonyl (C=O) groups excluding carboxylic acids is 3. The molecule has 0 saturated heterocycles. The summed E-state index contributed by atoms with van der Waals surface area (Å²) >= 11 is 36.8. The third-order valence-corrected chi connectivity index (χ3v) is 9.26. The molecule has 0 aliphatic heterocycles. The Morgan fingerprint density at radius 3 is 1.90 bits per heavy atom. The SMILES string of the molecule is O=C(Nc1ccc(F)c(NC(=O)C(F)(F)C(F)(F)C(F)(F)F)c1F)c1cc(NC(=O)[C@H]2[C@H](c3cc(Cl)c(Cl)c(Cl)c3)C2(Cl)Cl)ccc1Cl. The molecule has 48 heavy (non-hydrogen) atoms. The lowest BCUT2D eigenvalue weighted by molar-refractivity contribution is -0.343. The van der Waals surface area contributed by atoms with Crippen molar-refractivity contribution in [1.29, 1.82) is 0 Å². The summed E-state index contributed by atoms with van der Waals surface area (Å²) in [5, 5.41) is 4.83. The van der Waals surface area contributed by atoms with Crippen molar-refractivity contribution >= 4 is 104 Å². The van der Waals surface area contributed by atoms with E-state index in [4.69, 9.17) is 69.6 Å². The number of anilines is 3. The summed E-state index contributed by atoms with van der Waals surface area (Å²) in [6.07, 6.45) is -6.91. The first-order valence-electron chi connectivity index (χ1n) is 12.5. The number of amides is 3. The van der Waals surface area contributed by atoms with Crippen LogP contribution in [0, 0.1) is 17.6 Å². The van der Waals surface area contributed by atoms with Crippen molar-refractivity contribution in [2.45, 2.75) is 28.3 Å². The van der Waals surface area contributed by atoms with E-state index in [1.165, 1.54) is 18.2 Å². The second-order valence-corrected chi connectivity index (χ2v) is 13.0. The molecule has 0 aromatic heterocycles. The smallest absolute Gasteiger partial charge is 0.326 e. The highest BCUT2D eigenvalue weighted by Gasteiger charge is 2.76. The van der Waals surface area contributed by atoms with Crippen LogP contribution in [0.3, 0.4) is 0 Å². The average Bonchev–Trinajstić information content (AvgIpc) is 3.56. The Morgan fingerprint density at radius 1 is 0.750 bits per heavy atom. The van der Waals surface area contributed by atoms with Crippen molar-refractivity contribution in [3.8, 4) is 0 Å². The number of alkyl halides is 9. The second-order valence-electron chi connectivity index (χ2n) is 9.95. The zero-order chi connectivity index (χ0) is 36.3. The van der Waals surface area contributed by atoms with Gasteiger partial charge < -0.3 is 16.0 Å². The lowest BCUT2D eigenvalue weighted by atomic mass is 10.1. The molecule has 3 aromatic rings. The van der Waals surface area contributed by atoms with Crippen LogP contribution in [0.1, 0.15) is 21.8 Å². The molecule has 0 radical (unpaired) electrons. The molecule has 0 spiro atoms. The molecule has 0 heterocycles. The van der Waals surface area contributed by atoms with E-state index in [0.717, 1.165) is 12.1 Å². The van der Waals surface area contributed by atoms with Crippen molar-refractivity contribution in [2.75, 3.05) is 16.0 Å². The minimum Gasteiger partial charge on any atom is -0.326 e. The Morgan fingerprint density at radius 2 is 1.33 bits per heavy atom. The summed E-state index contributed by atoms with van der Waals surface area (Å²) in [6, 6.07) is 6.92. The first kappa shape index (κ1) is 38.0. The minimum atomic E-state index is -6.92. The predicted molar refractivity (Wildman–Crippen MR) is 161 cm³/mol. The van der Waals surface area contributed by atoms with Crippen molar-refractivity contribution < 1.29 is 53.9 Å². The van der Waals surface area contributed by atoms with Gasteiger partial charge in [0.25, 0.3) is 5.91 Å². The first-order valence-corrected chi connectivity index (χ1v) is 14.8. The van der Waals surface area contributed by atoms with Crippen LogP contribution in [0.15, 0.2) is 42.5 Å². The van der Waals surface area contributed by atoms with Gasteiger partial charge in [0.1, 0.15) is 15.8 Å². The molecule has 6 nitrogen and oxygen atoms in total. The van der Waals surface area contributed by atoms with Gasteiger partial charge in [-0.25, -0.2) is 8.78 Å². The zero-order valence-electron chi connectivity index (χ0n) is 22.6. The van der Waals surface area contributed by atoms with E-state index in [9.17, 15) is 53.9 Å². The largest absolute Gasteiger partial charge is 0.460 e. The third kappa shape index (κ3) is 6.94. The van der Waals surface area contributed by atoms with E-state index < -0.39 is 80.5 Å². The number of nitrogens with one attached hydrogen (secondary N) is 3. The van der Waals surface area contributed by atoms with E-state index in [0.29, 0.717) is 16.9 Å². The van der Waals surface area contributed by atoms with Crippen molar-refractivity contribution in [1.82, 2.24) is 0 Å². The van der Waals surface area contributed by atoms with Gasteiger partial charge in [-0.2, -0.15) is 30.7 Å². The standard InChI is InChI=1S/C27H12Cl6F9N3O3/c28-11-2-1-9(43-22(47)17-16(24(17,32)33)8-5-12(29)18(31)13(30)6-8)7-10(11)21(46)44-15-4-3-14(34)20(19(15)35)45-23(48)25(36,37)26(38,39)27(40,41)42/h1-7,16-17H,(H,43,47)(H,44,46)(H,45,48)/t16-,17+/m0/s1. The fraction of sp³-hybridized carbons (Fsp3) is 0.222. The third-order valence-electron chi connectivity index (χ3n) is 6.79. The Hall–Kier alpha value is -2.82. The number of carbonyl (C=O) groups is 3. The van der Waals surface area contributed by atoms with Gasteiger partial charge in [-0.3, -0.25) is 14.4 Å². The van der Waals surface area contributed by atoms with Crippen LogP contribution < -0.4 is 16.0 Å². The normalized spacial score (nSPS) is 17.5. The summed E-state index contributed by atoms with van der Waals surface area (Å²) in [4.78, 5) is 37.7. The van der Waals surface area contributed by atoms with Crippen LogP contribution in [0.2, 0.25) is 20.1 Å². The van der Waals surface area contributed by atoms with Gasteiger partial charge in [0.2, 0.25) is 5.91 Å². The number of hydrogen-bond donors (Lipinski definition) is 3. The quantitative estimate of drug-likeness (QED) is 0.120. The molecule has 3 aromatic carbocycles. The van der Waals surface area contributed by atoms with Gasteiger partial charge in [0.15, 0.2) is 5.82 Å². The summed E-state index contributed by atoms with van der Waals surface area (Å²) in [6.45, 7) is 0. The number of halogens is 15. The number of benzene rings is 3. The Bertz CT molecular complexity index is 1820. The molecule has 3 N–H and O–H groups in total. The molecule has 3 amide bonds. The fourth-order valence-electron chi connectivity index (χ4n) is 4.29. The Labute approximate surface area is 292 Å². The van der Waals surface area contributed by atoms with E-state index in [1.54, 1.807) is 0 Å². The number of rotatable bonds is 8. The summed E-state index contributed by atoms with van der Waals surface area (Å²) in [5.74, 6) is -24.7. The zero-order valence-corrected chi connectivity index (χ0v) is 27.1. The molecule has 2 atom stereocenters. The van der Waals surface area contributed by atoms with E-state index in [1.807, 2.05) is 5.32 Å². The summed E-state index contributed by atoms with van der Waals surface area (Å²) in [5.41, 5.74) is -3.15. The molecule has 1 saturated carbocycles. The van der Waals surface area contributed by atoms with Crippen LogP contribution in [0.25, 0.3) is 0 Å². The van der Waals surface area contributed by atoms with Crippen LogP contribution in [-0.2, 0) is 9.59 Å². The van der Waals surface area contributed by atoms with Gasteiger partial charge in [0.05, 0.1) is 37.3 Å². The molecule has 0 bridgehead atoms. The van der Waals surface area contributed by atoms with E-state index in [2.05, 4.69) is 5.32 Å². The lowest BCUT2D eigenvalue weighted by Gasteiger charge is -2.27. The molecule has 21 heteroatoms.